The lowest BCUT2D eigenvalue weighted by Gasteiger charge is -2.37. The van der Waals surface area contributed by atoms with Crippen LogP contribution in [0.15, 0.2) is 5.16 Å². The average molecular weight is 453 g/mol. The highest BCUT2D eigenvalue weighted by Crippen LogP contribution is 2.41. The van der Waals surface area contributed by atoms with Gasteiger partial charge in [0.1, 0.15) is 5.69 Å². The number of halogens is 1. The molecule has 0 radical (unpaired) electrons. The Hall–Kier alpha value is -1.25. The van der Waals surface area contributed by atoms with E-state index < -0.39 is 6.17 Å². The molecule has 1 saturated heterocycles. The first-order valence-corrected chi connectivity index (χ1v) is 12.6. The van der Waals surface area contributed by atoms with E-state index in [1.165, 1.54) is 32.1 Å². The number of rotatable bonds is 6. The minimum Gasteiger partial charge on any atom is -0.352 e. The summed E-state index contributed by atoms with van der Waals surface area (Å²) in [6.45, 7) is 6.33. The van der Waals surface area contributed by atoms with Crippen molar-refractivity contribution in [2.75, 3.05) is 55.7 Å². The highest BCUT2D eigenvalue weighted by atomic mass is 35.5. The number of aromatic nitrogens is 2. The van der Waals surface area contributed by atoms with Crippen LogP contribution in [-0.4, -0.2) is 77.4 Å². The monoisotopic (exact) mass is 452 g/mol. The molecule has 0 aromatic carbocycles. The third-order valence-corrected chi connectivity index (χ3v) is 7.68. The molecule has 1 amide bonds. The van der Waals surface area contributed by atoms with E-state index in [1.54, 1.807) is 11.8 Å². The minimum absolute atomic E-state index is 0.121. The molecular formula is C21H33ClN6OS. The van der Waals surface area contributed by atoms with Crippen molar-refractivity contribution in [3.8, 4) is 0 Å². The second-order valence-electron chi connectivity index (χ2n) is 8.68. The molecule has 2 fully saturated rings. The van der Waals surface area contributed by atoms with Crippen LogP contribution in [0.1, 0.15) is 45.4 Å². The number of hydrogen-bond donors (Lipinski definition) is 1. The van der Waals surface area contributed by atoms with Gasteiger partial charge in [0.05, 0.1) is 0 Å². The van der Waals surface area contributed by atoms with E-state index in [1.807, 2.05) is 4.90 Å². The van der Waals surface area contributed by atoms with Crippen LogP contribution in [0.3, 0.4) is 0 Å². The van der Waals surface area contributed by atoms with Crippen molar-refractivity contribution in [1.82, 2.24) is 19.8 Å². The molecule has 3 heterocycles. The molecule has 1 aromatic heterocycles. The summed E-state index contributed by atoms with van der Waals surface area (Å²) >= 11 is 8.18. The number of piperazine rings is 1. The highest BCUT2D eigenvalue weighted by molar-refractivity contribution is 7.99. The largest absolute Gasteiger partial charge is 0.352 e. The van der Waals surface area contributed by atoms with Crippen LogP contribution in [0.25, 0.3) is 0 Å². The third-order valence-electron chi connectivity index (χ3n) is 6.35. The number of fused-ring (bicyclic) bond motifs is 1. The van der Waals surface area contributed by atoms with Gasteiger partial charge in [0.25, 0.3) is 5.91 Å². The number of thioether (sulfide) groups is 1. The van der Waals surface area contributed by atoms with Crippen molar-refractivity contribution in [3.63, 3.8) is 0 Å². The Morgan fingerprint density at radius 3 is 2.60 bits per heavy atom. The smallest absolute Gasteiger partial charge is 0.266 e. The molecule has 166 valence electrons. The fourth-order valence-corrected chi connectivity index (χ4v) is 5.53. The fraction of sp³-hybridized carbons (Fsp3) is 0.762. The summed E-state index contributed by atoms with van der Waals surface area (Å²) in [5.74, 6) is 2.46. The highest BCUT2D eigenvalue weighted by Gasteiger charge is 2.41. The first kappa shape index (κ1) is 22.0. The van der Waals surface area contributed by atoms with Gasteiger partial charge in [0.15, 0.2) is 22.3 Å². The van der Waals surface area contributed by atoms with E-state index in [2.05, 4.69) is 34.1 Å². The lowest BCUT2D eigenvalue weighted by molar-refractivity contribution is -0.133. The second kappa shape index (κ2) is 9.92. The summed E-state index contributed by atoms with van der Waals surface area (Å²) in [4.78, 5) is 29.2. The summed E-state index contributed by atoms with van der Waals surface area (Å²) < 4.78 is 0. The van der Waals surface area contributed by atoms with Gasteiger partial charge in [-0.1, -0.05) is 49.5 Å². The van der Waals surface area contributed by atoms with Crippen molar-refractivity contribution in [3.05, 3.63) is 5.15 Å². The zero-order chi connectivity index (χ0) is 21.1. The molecule has 1 N–H and O–H groups in total. The molecule has 1 unspecified atom stereocenters. The lowest BCUT2D eigenvalue weighted by Crippen LogP contribution is -2.56. The maximum Gasteiger partial charge on any atom is 0.266 e. The maximum absolute atomic E-state index is 13.5. The molecule has 1 aliphatic carbocycles. The van der Waals surface area contributed by atoms with Gasteiger partial charge in [-0.3, -0.25) is 4.79 Å². The Kier molecular flexibility index (Phi) is 7.26. The van der Waals surface area contributed by atoms with Gasteiger partial charge in [-0.05, 0) is 32.2 Å². The summed E-state index contributed by atoms with van der Waals surface area (Å²) in [7, 11) is 2.10. The Morgan fingerprint density at radius 2 is 1.90 bits per heavy atom. The molecular weight excluding hydrogens is 420 g/mol. The Labute approximate surface area is 188 Å². The number of nitrogens with one attached hydrogen (secondary N) is 1. The summed E-state index contributed by atoms with van der Waals surface area (Å²) in [5, 5.41) is 4.50. The number of carbonyl (C=O) groups excluding carboxylic acids is 1. The predicted octanol–water partition coefficient (Wildman–Crippen LogP) is 3.54. The second-order valence-corrected chi connectivity index (χ2v) is 10.1. The zero-order valence-corrected chi connectivity index (χ0v) is 19.6. The van der Waals surface area contributed by atoms with E-state index in [0.29, 0.717) is 21.9 Å². The minimum atomic E-state index is -0.441. The van der Waals surface area contributed by atoms with Gasteiger partial charge < -0.3 is 20.0 Å². The average Bonchev–Trinajstić information content (AvgIpc) is 3.12. The van der Waals surface area contributed by atoms with Gasteiger partial charge in [-0.15, -0.1) is 0 Å². The van der Waals surface area contributed by atoms with Gasteiger partial charge in [-0.2, -0.15) is 0 Å². The lowest BCUT2D eigenvalue weighted by atomic mass is 9.89. The maximum atomic E-state index is 13.5. The molecule has 1 atom stereocenters. The zero-order valence-electron chi connectivity index (χ0n) is 18.1. The molecule has 9 heteroatoms. The standard InChI is InChI=1S/C21H33ClN6OS/c1-3-13-30-21-24-17(22)16-18(25-21)28(14-15-7-5-4-6-8-15)19(23-16)20(29)27-11-9-26(2)10-12-27/h15,19,23H,3-14H2,1-2H3. The molecule has 0 spiro atoms. The SMILES string of the molecule is CCCSc1nc(Cl)c2c(n1)N(CC1CCCCC1)C(C(=O)N1CCN(C)CC1)N2. The van der Waals surface area contributed by atoms with Crippen molar-refractivity contribution < 1.29 is 4.79 Å². The first-order valence-electron chi connectivity index (χ1n) is 11.3. The number of likely N-dealkylation sites (N-methyl/N-ethyl adjacent to an activating group) is 1. The van der Waals surface area contributed by atoms with Crippen LogP contribution in [0, 0.1) is 5.92 Å². The number of carbonyl (C=O) groups is 1. The molecule has 1 aromatic rings. The topological polar surface area (TPSA) is 64.6 Å². The molecule has 1 saturated carbocycles. The van der Waals surface area contributed by atoms with Crippen LogP contribution < -0.4 is 10.2 Å². The van der Waals surface area contributed by atoms with Gasteiger partial charge in [0.2, 0.25) is 0 Å². The van der Waals surface area contributed by atoms with Crippen LogP contribution in [-0.2, 0) is 4.79 Å². The van der Waals surface area contributed by atoms with Gasteiger partial charge in [-0.25, -0.2) is 9.97 Å². The van der Waals surface area contributed by atoms with Crippen LogP contribution in [0.5, 0.6) is 0 Å². The van der Waals surface area contributed by atoms with E-state index in [4.69, 9.17) is 16.6 Å². The number of amides is 1. The first-order chi connectivity index (χ1) is 14.6. The van der Waals surface area contributed by atoms with Crippen molar-refractivity contribution in [2.45, 2.75) is 56.8 Å². The predicted molar refractivity (Wildman–Crippen MR) is 123 cm³/mol. The Balaban J connectivity index is 1.59. The van der Waals surface area contributed by atoms with E-state index in [-0.39, 0.29) is 5.91 Å². The van der Waals surface area contributed by atoms with E-state index in [0.717, 1.165) is 50.7 Å². The quantitative estimate of drug-likeness (QED) is 0.402. The number of nitrogens with zero attached hydrogens (tertiary/aromatic N) is 5. The van der Waals surface area contributed by atoms with Gasteiger partial charge >= 0.3 is 0 Å². The molecule has 4 rings (SSSR count). The summed E-state index contributed by atoms with van der Waals surface area (Å²) in [6.07, 6.45) is 6.92. The third kappa shape index (κ3) is 4.81. The van der Waals surface area contributed by atoms with Crippen molar-refractivity contribution >= 4 is 40.8 Å². The van der Waals surface area contributed by atoms with Crippen molar-refractivity contribution in [2.24, 2.45) is 5.92 Å². The van der Waals surface area contributed by atoms with Crippen molar-refractivity contribution in [1.29, 1.82) is 0 Å². The van der Waals surface area contributed by atoms with Crippen LogP contribution in [0.2, 0.25) is 5.15 Å². The van der Waals surface area contributed by atoms with Crippen LogP contribution in [0.4, 0.5) is 11.5 Å². The molecule has 30 heavy (non-hydrogen) atoms. The van der Waals surface area contributed by atoms with E-state index >= 15 is 0 Å². The summed E-state index contributed by atoms with van der Waals surface area (Å²) in [5.41, 5.74) is 0.709. The molecule has 0 bridgehead atoms. The normalized spacial score (nSPS) is 22.8. The molecule has 3 aliphatic rings. The molecule has 2 aliphatic heterocycles. The Bertz CT molecular complexity index is 751. The number of hydrogen-bond acceptors (Lipinski definition) is 7. The molecule has 7 nitrogen and oxygen atoms in total. The van der Waals surface area contributed by atoms with E-state index in [9.17, 15) is 4.79 Å². The fourth-order valence-electron chi connectivity index (χ4n) is 4.56. The Morgan fingerprint density at radius 1 is 1.17 bits per heavy atom. The number of anilines is 2. The van der Waals surface area contributed by atoms with Crippen LogP contribution >= 0.6 is 23.4 Å². The van der Waals surface area contributed by atoms with Gasteiger partial charge in [0, 0.05) is 38.5 Å². The summed E-state index contributed by atoms with van der Waals surface area (Å²) in [6, 6.07) is 0.